The van der Waals surface area contributed by atoms with E-state index in [4.69, 9.17) is 14.5 Å². The summed E-state index contributed by atoms with van der Waals surface area (Å²) < 4.78 is 11.5. The lowest BCUT2D eigenvalue weighted by molar-refractivity contribution is 0.351. The first kappa shape index (κ1) is 23.6. The van der Waals surface area contributed by atoms with Crippen molar-refractivity contribution in [2.24, 2.45) is 0 Å². The number of hydrogen-bond donors (Lipinski definition) is 0. The van der Waals surface area contributed by atoms with Crippen molar-refractivity contribution in [1.29, 1.82) is 0 Å². The molecule has 0 aliphatic heterocycles. The van der Waals surface area contributed by atoms with E-state index in [-0.39, 0.29) is 5.92 Å². The maximum Gasteiger partial charge on any atom is 0.164 e. The number of ether oxygens (including phenoxy) is 2. The fourth-order valence-corrected chi connectivity index (χ4v) is 5.05. The minimum Gasteiger partial charge on any atom is -0.493 e. The molecule has 0 fully saturated rings. The van der Waals surface area contributed by atoms with Gasteiger partial charge in [0.05, 0.1) is 19.9 Å². The van der Waals surface area contributed by atoms with Gasteiger partial charge in [0.1, 0.15) is 0 Å². The second kappa shape index (κ2) is 9.87. The molecule has 0 unspecified atom stereocenters. The molecule has 0 aliphatic carbocycles. The maximum atomic E-state index is 5.78. The molecule has 0 saturated carbocycles. The lowest BCUT2D eigenvalue weighted by atomic mass is 9.91. The van der Waals surface area contributed by atoms with Crippen LogP contribution in [0.25, 0.3) is 44.3 Å². The molecule has 3 heteroatoms. The second-order valence-corrected chi connectivity index (χ2v) is 9.40. The highest BCUT2D eigenvalue weighted by molar-refractivity contribution is 5.95. The van der Waals surface area contributed by atoms with Crippen LogP contribution in [0.15, 0.2) is 91.0 Å². The number of methoxy groups -OCH3 is 2. The normalized spacial score (nSPS) is 11.2. The van der Waals surface area contributed by atoms with Crippen molar-refractivity contribution < 1.29 is 9.47 Å². The second-order valence-electron chi connectivity index (χ2n) is 9.40. The summed E-state index contributed by atoms with van der Waals surface area (Å²) in [6, 6.07) is 32.0. The van der Waals surface area contributed by atoms with Crippen LogP contribution in [0.4, 0.5) is 0 Å². The van der Waals surface area contributed by atoms with E-state index >= 15 is 0 Å². The highest BCUT2D eigenvalue weighted by Gasteiger charge is 2.21. The summed E-state index contributed by atoms with van der Waals surface area (Å²) >= 11 is 0. The Hall–Kier alpha value is -4.11. The molecule has 36 heavy (non-hydrogen) atoms. The molecular weight excluding hydrogens is 442 g/mol. The van der Waals surface area contributed by atoms with Gasteiger partial charge in [-0.3, -0.25) is 4.98 Å². The largest absolute Gasteiger partial charge is 0.493 e. The highest BCUT2D eigenvalue weighted by atomic mass is 16.5. The van der Waals surface area contributed by atoms with Crippen LogP contribution in [0.5, 0.6) is 11.5 Å². The smallest absolute Gasteiger partial charge is 0.164 e. The molecule has 0 amide bonds. The van der Waals surface area contributed by atoms with Crippen LogP contribution >= 0.6 is 0 Å². The molecule has 4 aromatic carbocycles. The van der Waals surface area contributed by atoms with Crippen molar-refractivity contribution >= 4 is 10.8 Å². The van der Waals surface area contributed by atoms with Gasteiger partial charge < -0.3 is 9.47 Å². The topological polar surface area (TPSA) is 31.4 Å². The first-order chi connectivity index (χ1) is 17.5. The van der Waals surface area contributed by atoms with Gasteiger partial charge in [0, 0.05) is 22.2 Å². The Morgan fingerprint density at radius 3 is 1.69 bits per heavy atom. The van der Waals surface area contributed by atoms with Crippen LogP contribution in [0.2, 0.25) is 0 Å². The standard InChI is InChI=1S/C33H31NO2/c1-21(2)31-32-22(3)34-29(19-28(32)20-30(35-4)33(31)36-5)27-17-25(23-12-8-6-9-13-23)16-26(18-27)24-14-10-7-11-15-24/h6-21H,1-5H3. The van der Waals surface area contributed by atoms with Crippen molar-refractivity contribution in [2.45, 2.75) is 26.7 Å². The predicted octanol–water partition coefficient (Wildman–Crippen LogP) is 8.68. The Labute approximate surface area is 213 Å². The van der Waals surface area contributed by atoms with Gasteiger partial charge in [-0.15, -0.1) is 0 Å². The lowest BCUT2D eigenvalue weighted by Gasteiger charge is -2.20. The van der Waals surface area contributed by atoms with Crippen LogP contribution < -0.4 is 9.47 Å². The van der Waals surface area contributed by atoms with E-state index in [9.17, 15) is 0 Å². The van der Waals surface area contributed by atoms with Crippen LogP contribution in [0.3, 0.4) is 0 Å². The first-order valence-electron chi connectivity index (χ1n) is 12.3. The van der Waals surface area contributed by atoms with Crippen LogP contribution in [-0.2, 0) is 0 Å². The SMILES string of the molecule is COc1cc2cc(-c3cc(-c4ccccc4)cc(-c4ccccc4)c3)nc(C)c2c(C(C)C)c1OC. The van der Waals surface area contributed by atoms with Crippen LogP contribution in [-0.4, -0.2) is 19.2 Å². The molecule has 3 nitrogen and oxygen atoms in total. The summed E-state index contributed by atoms with van der Waals surface area (Å²) in [4.78, 5) is 5.12. The number of fused-ring (bicyclic) bond motifs is 1. The molecule has 0 radical (unpaired) electrons. The molecule has 0 atom stereocenters. The van der Waals surface area contributed by atoms with Crippen LogP contribution in [0.1, 0.15) is 31.0 Å². The average Bonchev–Trinajstić information content (AvgIpc) is 2.92. The number of aromatic nitrogens is 1. The molecular formula is C33H31NO2. The zero-order valence-corrected chi connectivity index (χ0v) is 21.5. The zero-order valence-electron chi connectivity index (χ0n) is 21.5. The highest BCUT2D eigenvalue weighted by Crippen LogP contribution is 2.43. The molecule has 0 spiro atoms. The van der Waals surface area contributed by atoms with Gasteiger partial charge in [-0.25, -0.2) is 0 Å². The van der Waals surface area contributed by atoms with E-state index in [1.54, 1.807) is 14.2 Å². The molecule has 0 N–H and O–H groups in total. The van der Waals surface area contributed by atoms with Crippen LogP contribution in [0, 0.1) is 6.92 Å². The number of benzene rings is 4. The summed E-state index contributed by atoms with van der Waals surface area (Å²) in [5, 5.41) is 2.24. The third-order valence-electron chi connectivity index (χ3n) is 6.70. The fraction of sp³-hybridized carbons (Fsp3) is 0.182. The molecule has 1 heterocycles. The fourth-order valence-electron chi connectivity index (χ4n) is 5.05. The Morgan fingerprint density at radius 1 is 0.639 bits per heavy atom. The van der Waals surface area contributed by atoms with E-state index in [2.05, 4.69) is 99.6 Å². The molecule has 0 bridgehead atoms. The third-order valence-corrected chi connectivity index (χ3v) is 6.70. The van der Waals surface area contributed by atoms with Gasteiger partial charge in [-0.2, -0.15) is 0 Å². The number of hydrogen-bond acceptors (Lipinski definition) is 3. The third kappa shape index (κ3) is 4.33. The van der Waals surface area contributed by atoms with Gasteiger partial charge >= 0.3 is 0 Å². The lowest BCUT2D eigenvalue weighted by Crippen LogP contribution is -2.02. The van der Waals surface area contributed by atoms with E-state index in [1.807, 2.05) is 12.1 Å². The molecule has 180 valence electrons. The van der Waals surface area contributed by atoms with E-state index < -0.39 is 0 Å². The van der Waals surface area contributed by atoms with Crippen molar-refractivity contribution in [3.63, 3.8) is 0 Å². The van der Waals surface area contributed by atoms with Crippen molar-refractivity contribution in [3.8, 4) is 45.0 Å². The summed E-state index contributed by atoms with van der Waals surface area (Å²) in [6.07, 6.45) is 0. The number of pyridine rings is 1. The van der Waals surface area contributed by atoms with Gasteiger partial charge in [-0.1, -0.05) is 74.5 Å². The summed E-state index contributed by atoms with van der Waals surface area (Å²) in [5.74, 6) is 1.79. The quantitative estimate of drug-likeness (QED) is 0.247. The van der Waals surface area contributed by atoms with Gasteiger partial charge in [-0.05, 0) is 70.8 Å². The minimum absolute atomic E-state index is 0.259. The van der Waals surface area contributed by atoms with E-state index in [0.29, 0.717) is 0 Å². The van der Waals surface area contributed by atoms with Gasteiger partial charge in [0.2, 0.25) is 0 Å². The number of nitrogens with zero attached hydrogens (tertiary/aromatic N) is 1. The monoisotopic (exact) mass is 473 g/mol. The summed E-state index contributed by atoms with van der Waals surface area (Å²) in [5.41, 5.74) is 8.84. The molecule has 0 aliphatic rings. The van der Waals surface area contributed by atoms with Gasteiger partial charge in [0.25, 0.3) is 0 Å². The minimum atomic E-state index is 0.259. The number of rotatable bonds is 6. The summed E-state index contributed by atoms with van der Waals surface area (Å²) in [6.45, 7) is 6.45. The van der Waals surface area contributed by atoms with Crippen molar-refractivity contribution in [1.82, 2.24) is 4.98 Å². The van der Waals surface area contributed by atoms with E-state index in [0.717, 1.165) is 44.8 Å². The zero-order chi connectivity index (χ0) is 25.2. The van der Waals surface area contributed by atoms with E-state index in [1.165, 1.54) is 22.3 Å². The van der Waals surface area contributed by atoms with Crippen molar-refractivity contribution in [2.75, 3.05) is 14.2 Å². The Balaban J connectivity index is 1.77. The average molecular weight is 474 g/mol. The Kier molecular flexibility index (Phi) is 6.47. The number of aryl methyl sites for hydroxylation is 1. The maximum absolute atomic E-state index is 5.78. The Bertz CT molecular complexity index is 1470. The van der Waals surface area contributed by atoms with Gasteiger partial charge in [0.15, 0.2) is 11.5 Å². The first-order valence-corrected chi connectivity index (χ1v) is 12.3. The Morgan fingerprint density at radius 2 is 1.19 bits per heavy atom. The molecule has 0 saturated heterocycles. The molecule has 1 aromatic heterocycles. The predicted molar refractivity (Wildman–Crippen MR) is 150 cm³/mol. The summed E-state index contributed by atoms with van der Waals surface area (Å²) in [7, 11) is 3.39. The molecule has 5 rings (SSSR count). The molecule has 5 aromatic rings. The van der Waals surface area contributed by atoms with Crippen molar-refractivity contribution in [3.05, 3.63) is 102 Å².